The van der Waals surface area contributed by atoms with Crippen LogP contribution in [0.2, 0.25) is 0 Å². The highest BCUT2D eigenvalue weighted by Crippen LogP contribution is 2.37. The zero-order chi connectivity index (χ0) is 12.8. The standard InChI is InChI=1S/C13H24N2OS2/c1-17-13(5-3-2-4-6-13)10-15-12(16)11-9-18-8-7-14-11/h11,14H,2-10H2,1H3,(H,15,16). The molecule has 0 spiro atoms. The number of hydrogen-bond acceptors (Lipinski definition) is 4. The molecular weight excluding hydrogens is 264 g/mol. The van der Waals surface area contributed by atoms with Crippen LogP contribution in [0.15, 0.2) is 0 Å². The molecule has 0 radical (unpaired) electrons. The van der Waals surface area contributed by atoms with Crippen LogP contribution >= 0.6 is 23.5 Å². The Morgan fingerprint density at radius 2 is 2.22 bits per heavy atom. The van der Waals surface area contributed by atoms with Gasteiger partial charge in [0.15, 0.2) is 0 Å². The molecule has 0 aromatic heterocycles. The zero-order valence-corrected chi connectivity index (χ0v) is 12.8. The first-order valence-electron chi connectivity index (χ1n) is 6.90. The minimum atomic E-state index is 0.0197. The summed E-state index contributed by atoms with van der Waals surface area (Å²) in [5, 5.41) is 6.48. The van der Waals surface area contributed by atoms with Crippen LogP contribution in [0, 0.1) is 0 Å². The van der Waals surface area contributed by atoms with Crippen molar-refractivity contribution >= 4 is 29.4 Å². The Balaban J connectivity index is 1.79. The van der Waals surface area contributed by atoms with Crippen LogP contribution in [0.5, 0.6) is 0 Å². The van der Waals surface area contributed by atoms with E-state index < -0.39 is 0 Å². The van der Waals surface area contributed by atoms with Crippen LogP contribution in [0.3, 0.4) is 0 Å². The molecule has 3 nitrogen and oxygen atoms in total. The van der Waals surface area contributed by atoms with Gasteiger partial charge in [-0.05, 0) is 19.1 Å². The Morgan fingerprint density at radius 1 is 1.44 bits per heavy atom. The molecule has 1 aliphatic heterocycles. The van der Waals surface area contributed by atoms with E-state index >= 15 is 0 Å². The van der Waals surface area contributed by atoms with Crippen molar-refractivity contribution in [3.8, 4) is 0 Å². The second kappa shape index (κ2) is 7.06. The quantitative estimate of drug-likeness (QED) is 0.829. The van der Waals surface area contributed by atoms with E-state index in [0.29, 0.717) is 4.75 Å². The molecule has 2 rings (SSSR count). The first-order valence-corrected chi connectivity index (χ1v) is 9.28. The molecule has 1 saturated carbocycles. The highest BCUT2D eigenvalue weighted by molar-refractivity contribution is 8.00. The van der Waals surface area contributed by atoms with Crippen molar-refractivity contribution in [2.24, 2.45) is 0 Å². The second-order valence-corrected chi connectivity index (χ2v) is 7.67. The van der Waals surface area contributed by atoms with Crippen molar-refractivity contribution in [1.82, 2.24) is 10.6 Å². The van der Waals surface area contributed by atoms with Crippen LogP contribution in [0.4, 0.5) is 0 Å². The predicted molar refractivity (Wildman–Crippen MR) is 81.5 cm³/mol. The highest BCUT2D eigenvalue weighted by atomic mass is 32.2. The van der Waals surface area contributed by atoms with E-state index in [1.165, 1.54) is 32.1 Å². The van der Waals surface area contributed by atoms with Crippen molar-refractivity contribution in [3.05, 3.63) is 0 Å². The molecule has 1 amide bonds. The lowest BCUT2D eigenvalue weighted by Gasteiger charge is -2.36. The van der Waals surface area contributed by atoms with Gasteiger partial charge in [-0.15, -0.1) is 0 Å². The molecule has 104 valence electrons. The van der Waals surface area contributed by atoms with Gasteiger partial charge < -0.3 is 10.6 Å². The molecular formula is C13H24N2OS2. The van der Waals surface area contributed by atoms with Gasteiger partial charge in [0, 0.05) is 29.3 Å². The van der Waals surface area contributed by atoms with Gasteiger partial charge in [0.05, 0.1) is 6.04 Å². The van der Waals surface area contributed by atoms with Gasteiger partial charge in [0.25, 0.3) is 0 Å². The van der Waals surface area contributed by atoms with Crippen LogP contribution in [-0.2, 0) is 4.79 Å². The molecule has 0 aromatic rings. The molecule has 1 unspecified atom stereocenters. The third-order valence-corrected chi connectivity index (χ3v) is 6.50. The van der Waals surface area contributed by atoms with Crippen LogP contribution in [0.25, 0.3) is 0 Å². The number of carbonyl (C=O) groups excluding carboxylic acids is 1. The fourth-order valence-electron chi connectivity index (χ4n) is 2.75. The monoisotopic (exact) mass is 288 g/mol. The van der Waals surface area contributed by atoms with E-state index in [2.05, 4.69) is 16.9 Å². The molecule has 0 aromatic carbocycles. The van der Waals surface area contributed by atoms with Gasteiger partial charge in [-0.3, -0.25) is 4.79 Å². The summed E-state index contributed by atoms with van der Waals surface area (Å²) < 4.78 is 0.301. The second-order valence-electron chi connectivity index (χ2n) is 5.25. The summed E-state index contributed by atoms with van der Waals surface area (Å²) in [6.45, 7) is 1.80. The average molecular weight is 288 g/mol. The van der Waals surface area contributed by atoms with E-state index in [-0.39, 0.29) is 11.9 Å². The predicted octanol–water partition coefficient (Wildman–Crippen LogP) is 1.87. The third kappa shape index (κ3) is 3.81. The maximum absolute atomic E-state index is 12.1. The van der Waals surface area contributed by atoms with Crippen molar-refractivity contribution in [3.63, 3.8) is 0 Å². The molecule has 1 saturated heterocycles. The summed E-state index contributed by atoms with van der Waals surface area (Å²) in [5.74, 6) is 2.23. The molecule has 2 aliphatic rings. The molecule has 2 N–H and O–H groups in total. The molecule has 1 aliphatic carbocycles. The summed E-state index contributed by atoms with van der Waals surface area (Å²) in [6, 6.07) is 0.0197. The molecule has 1 heterocycles. The highest BCUT2D eigenvalue weighted by Gasteiger charge is 2.32. The Morgan fingerprint density at radius 3 is 2.83 bits per heavy atom. The number of amides is 1. The SMILES string of the molecule is CSC1(CNC(=O)C2CSCCN2)CCCCC1. The Labute approximate surface area is 119 Å². The van der Waals surface area contributed by atoms with Crippen molar-refractivity contribution in [2.45, 2.75) is 42.9 Å². The van der Waals surface area contributed by atoms with E-state index in [4.69, 9.17) is 0 Å². The van der Waals surface area contributed by atoms with E-state index in [0.717, 1.165) is 24.6 Å². The lowest BCUT2D eigenvalue weighted by molar-refractivity contribution is -0.122. The summed E-state index contributed by atoms with van der Waals surface area (Å²) in [5.41, 5.74) is 0. The number of carbonyl (C=O) groups is 1. The Bertz CT molecular complexity index is 274. The van der Waals surface area contributed by atoms with Gasteiger partial charge in [-0.25, -0.2) is 0 Å². The minimum Gasteiger partial charge on any atom is -0.353 e. The first kappa shape index (κ1) is 14.5. The smallest absolute Gasteiger partial charge is 0.238 e. The minimum absolute atomic E-state index is 0.0197. The van der Waals surface area contributed by atoms with E-state index in [9.17, 15) is 4.79 Å². The number of rotatable bonds is 4. The zero-order valence-electron chi connectivity index (χ0n) is 11.2. The summed E-state index contributed by atoms with van der Waals surface area (Å²) in [4.78, 5) is 12.1. The largest absolute Gasteiger partial charge is 0.353 e. The van der Waals surface area contributed by atoms with Crippen LogP contribution in [-0.4, -0.2) is 47.5 Å². The molecule has 1 atom stereocenters. The van der Waals surface area contributed by atoms with Gasteiger partial charge in [-0.2, -0.15) is 23.5 Å². The van der Waals surface area contributed by atoms with Gasteiger partial charge in [-0.1, -0.05) is 19.3 Å². The summed E-state index contributed by atoms with van der Waals surface area (Å²) in [7, 11) is 0. The third-order valence-electron chi connectivity index (χ3n) is 4.02. The molecule has 2 fully saturated rings. The Hall–Kier alpha value is 0.130. The van der Waals surface area contributed by atoms with Crippen molar-refractivity contribution < 1.29 is 4.79 Å². The maximum atomic E-state index is 12.1. The van der Waals surface area contributed by atoms with Crippen molar-refractivity contribution in [1.29, 1.82) is 0 Å². The first-order chi connectivity index (χ1) is 8.76. The summed E-state index contributed by atoms with van der Waals surface area (Å²) in [6.07, 6.45) is 8.67. The maximum Gasteiger partial charge on any atom is 0.238 e. The normalized spacial score (nSPS) is 27.7. The fourth-order valence-corrected chi connectivity index (χ4v) is 4.60. The lowest BCUT2D eigenvalue weighted by atomic mass is 9.88. The number of nitrogens with one attached hydrogen (secondary N) is 2. The molecule has 18 heavy (non-hydrogen) atoms. The number of thioether (sulfide) groups is 2. The van der Waals surface area contributed by atoms with Crippen molar-refractivity contribution in [2.75, 3.05) is 30.9 Å². The van der Waals surface area contributed by atoms with Gasteiger partial charge >= 0.3 is 0 Å². The van der Waals surface area contributed by atoms with Gasteiger partial charge in [0.2, 0.25) is 5.91 Å². The van der Waals surface area contributed by atoms with Crippen LogP contribution in [0.1, 0.15) is 32.1 Å². The van der Waals surface area contributed by atoms with Crippen LogP contribution < -0.4 is 10.6 Å². The average Bonchev–Trinajstić information content (AvgIpc) is 2.47. The van der Waals surface area contributed by atoms with E-state index in [1.807, 2.05) is 23.5 Å². The van der Waals surface area contributed by atoms with E-state index in [1.54, 1.807) is 0 Å². The topological polar surface area (TPSA) is 41.1 Å². The fraction of sp³-hybridized carbons (Fsp3) is 0.923. The molecule has 0 bridgehead atoms. The molecule has 5 heteroatoms. The Kier molecular flexibility index (Phi) is 5.70. The summed E-state index contributed by atoms with van der Waals surface area (Å²) >= 11 is 3.81. The van der Waals surface area contributed by atoms with Gasteiger partial charge in [0.1, 0.15) is 0 Å². The lowest BCUT2D eigenvalue weighted by Crippen LogP contribution is -2.52. The number of hydrogen-bond donors (Lipinski definition) is 2.